The lowest BCUT2D eigenvalue weighted by Gasteiger charge is -2.18. The van der Waals surface area contributed by atoms with Gasteiger partial charge in [0, 0.05) is 11.1 Å². The summed E-state index contributed by atoms with van der Waals surface area (Å²) >= 11 is 5.84. The maximum Gasteiger partial charge on any atom is 0.338 e. The number of carbonyl (C=O) groups excluding carboxylic acids is 1. The molecule has 0 aromatic carbocycles. The average molecular weight is 228 g/mol. The van der Waals surface area contributed by atoms with Crippen LogP contribution in [0.5, 0.6) is 0 Å². The highest BCUT2D eigenvalue weighted by Crippen LogP contribution is 2.23. The summed E-state index contributed by atoms with van der Waals surface area (Å²) in [5.74, 6) is -0.398. The van der Waals surface area contributed by atoms with Gasteiger partial charge in [-0.2, -0.15) is 0 Å². The lowest BCUT2D eigenvalue weighted by molar-refractivity contribution is 0.0600. The molecule has 1 heterocycles. The summed E-state index contributed by atoms with van der Waals surface area (Å²) in [6, 6.07) is 3.21. The second-order valence-electron chi connectivity index (χ2n) is 4.31. The van der Waals surface area contributed by atoms with Gasteiger partial charge in [0.15, 0.2) is 0 Å². The van der Waals surface area contributed by atoms with E-state index >= 15 is 0 Å². The Balaban J connectivity index is 3.23. The molecule has 0 N–H and O–H groups in total. The minimum absolute atomic E-state index is 0.145. The van der Waals surface area contributed by atoms with Gasteiger partial charge in [-0.25, -0.2) is 9.78 Å². The van der Waals surface area contributed by atoms with E-state index in [0.717, 1.165) is 5.69 Å². The van der Waals surface area contributed by atoms with E-state index in [-0.39, 0.29) is 5.41 Å². The first kappa shape index (κ1) is 12.0. The molecule has 1 aromatic heterocycles. The Labute approximate surface area is 94.4 Å². The van der Waals surface area contributed by atoms with Crippen molar-refractivity contribution in [2.24, 2.45) is 0 Å². The van der Waals surface area contributed by atoms with Crippen molar-refractivity contribution >= 4 is 17.6 Å². The van der Waals surface area contributed by atoms with Gasteiger partial charge in [0.25, 0.3) is 0 Å². The number of hydrogen-bond acceptors (Lipinski definition) is 3. The topological polar surface area (TPSA) is 39.2 Å². The van der Waals surface area contributed by atoms with Crippen LogP contribution in [0.4, 0.5) is 0 Å². The predicted molar refractivity (Wildman–Crippen MR) is 59.3 cm³/mol. The molecule has 0 amide bonds. The summed E-state index contributed by atoms with van der Waals surface area (Å²) < 4.78 is 4.63. The number of methoxy groups -OCH3 is 1. The maximum absolute atomic E-state index is 11.3. The molecule has 0 saturated heterocycles. The van der Waals surface area contributed by atoms with Crippen LogP contribution in [-0.4, -0.2) is 18.1 Å². The number of halogens is 1. The molecular formula is C11H14ClNO2. The van der Waals surface area contributed by atoms with Crippen molar-refractivity contribution in [3.63, 3.8) is 0 Å². The van der Waals surface area contributed by atoms with E-state index in [4.69, 9.17) is 11.6 Å². The Kier molecular flexibility index (Phi) is 3.35. The zero-order valence-electron chi connectivity index (χ0n) is 9.30. The van der Waals surface area contributed by atoms with E-state index in [2.05, 4.69) is 9.72 Å². The number of rotatable bonds is 1. The first-order valence-corrected chi connectivity index (χ1v) is 4.99. The molecule has 0 aliphatic carbocycles. The van der Waals surface area contributed by atoms with E-state index in [1.807, 2.05) is 20.8 Å². The van der Waals surface area contributed by atoms with Crippen molar-refractivity contribution in [3.8, 4) is 0 Å². The van der Waals surface area contributed by atoms with Gasteiger partial charge in [0.05, 0.1) is 12.7 Å². The zero-order valence-corrected chi connectivity index (χ0v) is 10.1. The average Bonchev–Trinajstić information content (AvgIpc) is 2.14. The van der Waals surface area contributed by atoms with Crippen molar-refractivity contribution in [1.29, 1.82) is 0 Å². The van der Waals surface area contributed by atoms with Crippen molar-refractivity contribution in [2.75, 3.05) is 7.11 Å². The van der Waals surface area contributed by atoms with Crippen LogP contribution in [0.1, 0.15) is 36.8 Å². The summed E-state index contributed by atoms with van der Waals surface area (Å²) in [6.07, 6.45) is 0. The molecule has 4 heteroatoms. The molecule has 0 aliphatic rings. The van der Waals surface area contributed by atoms with Crippen molar-refractivity contribution in [3.05, 3.63) is 28.5 Å². The normalized spacial score (nSPS) is 11.3. The first-order chi connectivity index (χ1) is 6.84. The van der Waals surface area contributed by atoms with Gasteiger partial charge in [0.2, 0.25) is 0 Å². The second-order valence-corrected chi connectivity index (χ2v) is 4.69. The number of hydrogen-bond donors (Lipinski definition) is 0. The van der Waals surface area contributed by atoms with Crippen LogP contribution in [0, 0.1) is 0 Å². The monoisotopic (exact) mass is 227 g/mol. The van der Waals surface area contributed by atoms with Gasteiger partial charge in [0.1, 0.15) is 5.15 Å². The van der Waals surface area contributed by atoms with E-state index < -0.39 is 5.97 Å². The third-order valence-electron chi connectivity index (χ3n) is 1.98. The molecule has 1 aromatic rings. The molecular weight excluding hydrogens is 214 g/mol. The van der Waals surface area contributed by atoms with Crippen LogP contribution in [0.15, 0.2) is 12.1 Å². The zero-order chi connectivity index (χ0) is 11.6. The fourth-order valence-corrected chi connectivity index (χ4v) is 1.33. The van der Waals surface area contributed by atoms with Crippen LogP contribution in [0.3, 0.4) is 0 Å². The molecule has 0 fully saturated rings. The van der Waals surface area contributed by atoms with Gasteiger partial charge in [-0.05, 0) is 12.1 Å². The van der Waals surface area contributed by atoms with E-state index in [0.29, 0.717) is 10.7 Å². The van der Waals surface area contributed by atoms with Gasteiger partial charge in [-0.1, -0.05) is 32.4 Å². The molecule has 0 aliphatic heterocycles. The van der Waals surface area contributed by atoms with Gasteiger partial charge >= 0.3 is 5.97 Å². The van der Waals surface area contributed by atoms with Crippen molar-refractivity contribution < 1.29 is 9.53 Å². The van der Waals surface area contributed by atoms with Crippen LogP contribution in [0.25, 0.3) is 0 Å². The molecule has 0 bridgehead atoms. The Hall–Kier alpha value is -1.09. The molecule has 0 saturated carbocycles. The molecule has 1 rings (SSSR count). The third-order valence-corrected chi connectivity index (χ3v) is 2.18. The molecule has 3 nitrogen and oxygen atoms in total. The highest BCUT2D eigenvalue weighted by atomic mass is 35.5. The summed E-state index contributed by atoms with van der Waals surface area (Å²) in [4.78, 5) is 15.5. The van der Waals surface area contributed by atoms with Gasteiger partial charge in [-0.3, -0.25) is 0 Å². The summed E-state index contributed by atoms with van der Waals surface area (Å²) in [6.45, 7) is 6.02. The van der Waals surface area contributed by atoms with Crippen LogP contribution in [-0.2, 0) is 10.2 Å². The minimum Gasteiger partial charge on any atom is -0.465 e. The lowest BCUT2D eigenvalue weighted by Crippen LogP contribution is -2.15. The smallest absolute Gasteiger partial charge is 0.338 e. The Morgan fingerprint density at radius 1 is 1.40 bits per heavy atom. The van der Waals surface area contributed by atoms with E-state index in [9.17, 15) is 4.79 Å². The van der Waals surface area contributed by atoms with Crippen LogP contribution in [0.2, 0.25) is 5.15 Å². The predicted octanol–water partition coefficient (Wildman–Crippen LogP) is 2.82. The summed E-state index contributed by atoms with van der Waals surface area (Å²) in [5, 5.41) is 0.308. The lowest BCUT2D eigenvalue weighted by atomic mass is 9.91. The molecule has 82 valence electrons. The second kappa shape index (κ2) is 4.19. The molecule has 0 atom stereocenters. The number of ether oxygens (including phenoxy) is 1. The molecule has 0 spiro atoms. The number of pyridine rings is 1. The number of carbonyl (C=O) groups is 1. The molecule has 0 radical (unpaired) electrons. The summed E-state index contributed by atoms with van der Waals surface area (Å²) in [5.41, 5.74) is 1.06. The Morgan fingerprint density at radius 2 is 2.00 bits per heavy atom. The standard InChI is InChI=1S/C11H14ClNO2/c1-11(2,3)8-5-7(10(14)15-4)6-9(12)13-8/h5-6H,1-4H3. The van der Waals surface area contributed by atoms with Crippen molar-refractivity contribution in [1.82, 2.24) is 4.98 Å². The fourth-order valence-electron chi connectivity index (χ4n) is 1.12. The number of nitrogens with zero attached hydrogens (tertiary/aromatic N) is 1. The van der Waals surface area contributed by atoms with Crippen LogP contribution >= 0.6 is 11.6 Å². The molecule has 15 heavy (non-hydrogen) atoms. The maximum atomic E-state index is 11.3. The first-order valence-electron chi connectivity index (χ1n) is 4.61. The van der Waals surface area contributed by atoms with Gasteiger partial charge in [-0.15, -0.1) is 0 Å². The minimum atomic E-state index is -0.398. The van der Waals surface area contributed by atoms with E-state index in [1.165, 1.54) is 13.2 Å². The number of aromatic nitrogens is 1. The highest BCUT2D eigenvalue weighted by molar-refractivity contribution is 6.29. The third kappa shape index (κ3) is 2.93. The van der Waals surface area contributed by atoms with Gasteiger partial charge < -0.3 is 4.74 Å². The van der Waals surface area contributed by atoms with Crippen molar-refractivity contribution in [2.45, 2.75) is 26.2 Å². The largest absolute Gasteiger partial charge is 0.465 e. The quantitative estimate of drug-likeness (QED) is 0.547. The molecule has 0 unspecified atom stereocenters. The number of esters is 1. The summed E-state index contributed by atoms with van der Waals surface area (Å²) in [7, 11) is 1.34. The van der Waals surface area contributed by atoms with Crippen LogP contribution < -0.4 is 0 Å². The Bertz CT molecular complexity index is 383. The highest BCUT2D eigenvalue weighted by Gasteiger charge is 2.18. The Morgan fingerprint density at radius 3 is 2.47 bits per heavy atom. The fraction of sp³-hybridized carbons (Fsp3) is 0.455. The SMILES string of the molecule is COC(=O)c1cc(Cl)nc(C(C)(C)C)c1. The van der Waals surface area contributed by atoms with E-state index in [1.54, 1.807) is 6.07 Å².